The van der Waals surface area contributed by atoms with E-state index in [9.17, 15) is 0 Å². The molecule has 1 heterocycles. The van der Waals surface area contributed by atoms with Gasteiger partial charge in [0.15, 0.2) is 0 Å². The van der Waals surface area contributed by atoms with E-state index >= 15 is 0 Å². The summed E-state index contributed by atoms with van der Waals surface area (Å²) < 4.78 is 0. The molecule has 0 bridgehead atoms. The van der Waals surface area contributed by atoms with Crippen molar-refractivity contribution in [1.29, 1.82) is 5.41 Å². The number of aryl methyl sites for hydroxylation is 1. The highest BCUT2D eigenvalue weighted by atomic mass is 32.2. The number of nitrogens with two attached hydrogens (primary N) is 2. The zero-order valence-electron chi connectivity index (χ0n) is 14.8. The maximum Gasteiger partial charge on any atom is 0.229 e. The molecule has 1 aromatic carbocycles. The zero-order chi connectivity index (χ0) is 18.5. The second kappa shape index (κ2) is 8.48. The molecular formula is C18H25N7S. The molecule has 0 atom stereocenters. The van der Waals surface area contributed by atoms with Crippen molar-refractivity contribution in [2.75, 3.05) is 10.6 Å². The number of hydrogen-bond donors (Lipinski definition) is 5. The lowest BCUT2D eigenvalue weighted by atomic mass is 9.92. The van der Waals surface area contributed by atoms with Gasteiger partial charge < -0.3 is 21.8 Å². The quantitative estimate of drug-likeness (QED) is 0.390. The number of rotatable bonds is 6. The van der Waals surface area contributed by atoms with Crippen LogP contribution in [0.4, 0.5) is 17.5 Å². The fraction of sp³-hybridized carbons (Fsp3) is 0.389. The first-order valence-corrected chi connectivity index (χ1v) is 9.61. The van der Waals surface area contributed by atoms with Gasteiger partial charge in [-0.1, -0.05) is 6.07 Å². The molecule has 2 aromatic rings. The minimum absolute atomic E-state index is 0.300. The maximum absolute atomic E-state index is 7.60. The summed E-state index contributed by atoms with van der Waals surface area (Å²) in [7, 11) is 0. The van der Waals surface area contributed by atoms with E-state index in [-0.39, 0.29) is 0 Å². The predicted octanol–water partition coefficient (Wildman–Crippen LogP) is 3.17. The molecule has 0 unspecified atom stereocenters. The first-order valence-electron chi connectivity index (χ1n) is 8.73. The third-order valence-corrected chi connectivity index (χ3v) is 5.35. The molecule has 138 valence electrons. The van der Waals surface area contributed by atoms with E-state index < -0.39 is 0 Å². The summed E-state index contributed by atoms with van der Waals surface area (Å²) in [5.41, 5.74) is 8.66. The molecule has 1 aromatic heterocycles. The van der Waals surface area contributed by atoms with Crippen molar-refractivity contribution >= 4 is 35.6 Å². The topological polar surface area (TPSA) is 126 Å². The minimum Gasteiger partial charge on any atom is -0.367 e. The van der Waals surface area contributed by atoms with Crippen LogP contribution in [0.3, 0.4) is 0 Å². The number of benzene rings is 1. The Hall–Kier alpha value is -2.16. The normalized spacial score (nSPS) is 19.8. The Morgan fingerprint density at radius 2 is 2.04 bits per heavy atom. The summed E-state index contributed by atoms with van der Waals surface area (Å²) in [5, 5.41) is 20.0. The standard InChI is InChI=1S/C18H25N7S/c1-11-2-5-15(8-16(11)26-21)24-18-22-10-12(9-19)17(25-18)23-14-6-3-13(20)4-7-14/h2,5,8-10,13-14,19H,3-4,6-7,20-21H2,1H3,(H2,22,23,24,25). The van der Waals surface area contributed by atoms with Gasteiger partial charge in [0.1, 0.15) is 5.82 Å². The molecule has 26 heavy (non-hydrogen) atoms. The molecule has 8 heteroatoms. The summed E-state index contributed by atoms with van der Waals surface area (Å²) in [5.74, 6) is 1.17. The molecule has 0 spiro atoms. The van der Waals surface area contributed by atoms with Crippen LogP contribution in [0.5, 0.6) is 0 Å². The van der Waals surface area contributed by atoms with Gasteiger partial charge in [-0.3, -0.25) is 5.14 Å². The lowest BCUT2D eigenvalue weighted by Crippen LogP contribution is -2.33. The molecular weight excluding hydrogens is 346 g/mol. The molecule has 1 saturated carbocycles. The maximum atomic E-state index is 7.60. The van der Waals surface area contributed by atoms with Crippen LogP contribution in [-0.4, -0.2) is 28.3 Å². The van der Waals surface area contributed by atoms with Crippen LogP contribution < -0.4 is 21.5 Å². The van der Waals surface area contributed by atoms with Crippen molar-refractivity contribution in [1.82, 2.24) is 9.97 Å². The highest BCUT2D eigenvalue weighted by Crippen LogP contribution is 2.25. The van der Waals surface area contributed by atoms with E-state index in [1.54, 1.807) is 6.20 Å². The second-order valence-corrected chi connectivity index (χ2v) is 7.30. The van der Waals surface area contributed by atoms with Gasteiger partial charge >= 0.3 is 0 Å². The third kappa shape index (κ3) is 4.51. The first kappa shape index (κ1) is 18.6. The molecule has 7 nitrogen and oxygen atoms in total. The van der Waals surface area contributed by atoms with Crippen LogP contribution in [0.25, 0.3) is 0 Å². The number of hydrogen-bond acceptors (Lipinski definition) is 8. The predicted molar refractivity (Wildman–Crippen MR) is 108 cm³/mol. The summed E-state index contributed by atoms with van der Waals surface area (Å²) >= 11 is 1.22. The van der Waals surface area contributed by atoms with Crippen molar-refractivity contribution in [3.63, 3.8) is 0 Å². The largest absolute Gasteiger partial charge is 0.367 e. The van der Waals surface area contributed by atoms with Gasteiger partial charge in [-0.05, 0) is 62.3 Å². The van der Waals surface area contributed by atoms with Crippen LogP contribution in [-0.2, 0) is 0 Å². The molecule has 1 aliphatic carbocycles. The van der Waals surface area contributed by atoms with Gasteiger partial charge in [-0.2, -0.15) is 4.98 Å². The van der Waals surface area contributed by atoms with Gasteiger partial charge in [0.25, 0.3) is 0 Å². The fourth-order valence-corrected chi connectivity index (χ4v) is 3.51. The van der Waals surface area contributed by atoms with Crippen LogP contribution in [0.2, 0.25) is 0 Å². The van der Waals surface area contributed by atoms with Gasteiger partial charge in [0.2, 0.25) is 5.95 Å². The molecule has 0 amide bonds. The first-order chi connectivity index (χ1) is 12.6. The van der Waals surface area contributed by atoms with E-state index in [1.165, 1.54) is 18.2 Å². The molecule has 7 N–H and O–H groups in total. The Morgan fingerprint density at radius 3 is 2.73 bits per heavy atom. The third-order valence-electron chi connectivity index (χ3n) is 4.66. The van der Waals surface area contributed by atoms with E-state index in [4.69, 9.17) is 16.3 Å². The van der Waals surface area contributed by atoms with Gasteiger partial charge in [0, 0.05) is 35.1 Å². The Bertz CT molecular complexity index is 772. The van der Waals surface area contributed by atoms with Crippen LogP contribution in [0.1, 0.15) is 36.8 Å². The highest BCUT2D eigenvalue weighted by molar-refractivity contribution is 7.97. The lowest BCUT2D eigenvalue weighted by Gasteiger charge is -2.27. The smallest absolute Gasteiger partial charge is 0.229 e. The Morgan fingerprint density at radius 1 is 1.27 bits per heavy atom. The SMILES string of the molecule is Cc1ccc(Nc2ncc(C=N)c(NC3CCC(N)CC3)n2)cc1SN. The number of nitrogens with zero attached hydrogens (tertiary/aromatic N) is 2. The number of nitrogens with one attached hydrogen (secondary N) is 3. The fourth-order valence-electron chi connectivity index (χ4n) is 3.06. The van der Waals surface area contributed by atoms with Gasteiger partial charge in [0.05, 0.1) is 5.56 Å². The molecule has 0 saturated heterocycles. The van der Waals surface area contributed by atoms with E-state index in [0.29, 0.717) is 29.4 Å². The highest BCUT2D eigenvalue weighted by Gasteiger charge is 2.19. The van der Waals surface area contributed by atoms with Crippen LogP contribution >= 0.6 is 11.9 Å². The van der Waals surface area contributed by atoms with Crippen molar-refractivity contribution in [2.45, 2.75) is 49.6 Å². The van der Waals surface area contributed by atoms with E-state index in [0.717, 1.165) is 41.8 Å². The summed E-state index contributed by atoms with van der Waals surface area (Å²) in [6.45, 7) is 2.02. The number of aromatic nitrogens is 2. The summed E-state index contributed by atoms with van der Waals surface area (Å²) in [4.78, 5) is 9.90. The zero-order valence-corrected chi connectivity index (χ0v) is 15.6. The van der Waals surface area contributed by atoms with Crippen molar-refractivity contribution in [3.05, 3.63) is 35.5 Å². The molecule has 1 aliphatic rings. The van der Waals surface area contributed by atoms with Gasteiger partial charge in [-0.25, -0.2) is 4.98 Å². The monoisotopic (exact) mass is 371 g/mol. The van der Waals surface area contributed by atoms with Crippen LogP contribution in [0.15, 0.2) is 29.3 Å². The second-order valence-electron chi connectivity index (χ2n) is 6.62. The molecule has 1 fully saturated rings. The van der Waals surface area contributed by atoms with Crippen LogP contribution in [0, 0.1) is 12.3 Å². The Balaban J connectivity index is 1.77. The van der Waals surface area contributed by atoms with E-state index in [2.05, 4.69) is 20.6 Å². The Kier molecular flexibility index (Phi) is 6.08. The Labute approximate surface area is 158 Å². The van der Waals surface area contributed by atoms with Crippen molar-refractivity contribution in [3.8, 4) is 0 Å². The molecule has 0 aliphatic heterocycles. The van der Waals surface area contributed by atoms with Gasteiger partial charge in [-0.15, -0.1) is 0 Å². The average molecular weight is 372 g/mol. The minimum atomic E-state index is 0.300. The van der Waals surface area contributed by atoms with Crippen molar-refractivity contribution < 1.29 is 0 Å². The molecule has 0 radical (unpaired) electrons. The number of anilines is 3. The lowest BCUT2D eigenvalue weighted by molar-refractivity contribution is 0.410. The summed E-state index contributed by atoms with van der Waals surface area (Å²) in [6, 6.07) is 6.58. The molecule has 3 rings (SSSR count). The average Bonchev–Trinajstić information content (AvgIpc) is 2.65. The van der Waals surface area contributed by atoms with E-state index in [1.807, 2.05) is 25.1 Å². The summed E-state index contributed by atoms with van der Waals surface area (Å²) in [6.07, 6.45) is 6.98. The van der Waals surface area contributed by atoms with Crippen molar-refractivity contribution in [2.24, 2.45) is 10.9 Å².